The van der Waals surface area contributed by atoms with Gasteiger partial charge < -0.3 is 15.0 Å². The first-order valence-electron chi connectivity index (χ1n) is 12.0. The molecule has 1 heterocycles. The van der Waals surface area contributed by atoms with Crippen LogP contribution in [0.1, 0.15) is 63.1 Å². The van der Waals surface area contributed by atoms with Crippen LogP contribution in [-0.2, 0) is 13.0 Å². The topological polar surface area (TPSA) is 58.6 Å². The van der Waals surface area contributed by atoms with Crippen molar-refractivity contribution in [1.82, 2.24) is 10.2 Å². The van der Waals surface area contributed by atoms with E-state index < -0.39 is 0 Å². The maximum Gasteiger partial charge on any atom is 0.253 e. The number of benzene rings is 3. The Balaban J connectivity index is 1.42. The molecule has 1 saturated heterocycles. The summed E-state index contributed by atoms with van der Waals surface area (Å²) in [5.41, 5.74) is 4.63. The molecule has 0 aromatic heterocycles. The third kappa shape index (κ3) is 5.48. The molecule has 2 amide bonds. The molecule has 1 aliphatic heterocycles. The molecule has 5 heteroatoms. The van der Waals surface area contributed by atoms with Gasteiger partial charge in [0.2, 0.25) is 0 Å². The van der Waals surface area contributed by atoms with Gasteiger partial charge in [-0.3, -0.25) is 9.59 Å². The van der Waals surface area contributed by atoms with Crippen molar-refractivity contribution >= 4 is 11.8 Å². The second-order valence-corrected chi connectivity index (χ2v) is 8.76. The third-order valence-electron chi connectivity index (χ3n) is 6.57. The Hall–Kier alpha value is -3.60. The lowest BCUT2D eigenvalue weighted by Gasteiger charge is -2.33. The molecule has 1 N–H and O–H groups in total. The molecule has 176 valence electrons. The van der Waals surface area contributed by atoms with E-state index in [1.54, 1.807) is 7.11 Å². The minimum Gasteiger partial charge on any atom is -0.496 e. The van der Waals surface area contributed by atoms with Gasteiger partial charge in [0.25, 0.3) is 11.8 Å². The van der Waals surface area contributed by atoms with E-state index in [9.17, 15) is 9.59 Å². The largest absolute Gasteiger partial charge is 0.496 e. The third-order valence-corrected chi connectivity index (χ3v) is 6.57. The number of carbonyl (C=O) groups is 2. The van der Waals surface area contributed by atoms with Crippen LogP contribution in [0.15, 0.2) is 72.8 Å². The number of rotatable bonds is 7. The lowest BCUT2D eigenvalue weighted by Crippen LogP contribution is -2.39. The van der Waals surface area contributed by atoms with E-state index in [1.165, 1.54) is 5.56 Å². The zero-order chi connectivity index (χ0) is 23.9. The van der Waals surface area contributed by atoms with Crippen LogP contribution in [0, 0.1) is 0 Å². The summed E-state index contributed by atoms with van der Waals surface area (Å²) in [4.78, 5) is 27.9. The van der Waals surface area contributed by atoms with E-state index >= 15 is 0 Å². The Morgan fingerprint density at radius 3 is 2.56 bits per heavy atom. The average Bonchev–Trinajstić information content (AvgIpc) is 2.91. The van der Waals surface area contributed by atoms with Crippen LogP contribution in [0.4, 0.5) is 0 Å². The van der Waals surface area contributed by atoms with Crippen molar-refractivity contribution in [3.05, 3.63) is 101 Å². The van der Waals surface area contributed by atoms with Gasteiger partial charge in [-0.1, -0.05) is 49.4 Å². The van der Waals surface area contributed by atoms with E-state index in [-0.39, 0.29) is 17.7 Å². The fourth-order valence-corrected chi connectivity index (χ4v) is 4.56. The minimum absolute atomic E-state index is 0.0815. The quantitative estimate of drug-likeness (QED) is 0.531. The molecule has 3 aromatic rings. The van der Waals surface area contributed by atoms with Gasteiger partial charge in [0, 0.05) is 42.2 Å². The summed E-state index contributed by atoms with van der Waals surface area (Å²) < 4.78 is 5.37. The van der Waals surface area contributed by atoms with Crippen molar-refractivity contribution in [2.45, 2.75) is 38.6 Å². The molecule has 5 nitrogen and oxygen atoms in total. The van der Waals surface area contributed by atoms with Gasteiger partial charge in [0.1, 0.15) is 5.75 Å². The smallest absolute Gasteiger partial charge is 0.253 e. The summed E-state index contributed by atoms with van der Waals surface area (Å²) in [5, 5.41) is 2.99. The average molecular weight is 457 g/mol. The van der Waals surface area contributed by atoms with Crippen molar-refractivity contribution in [3.8, 4) is 5.75 Å². The zero-order valence-electron chi connectivity index (χ0n) is 19.9. The van der Waals surface area contributed by atoms with E-state index in [0.29, 0.717) is 18.7 Å². The number of nitrogens with zero attached hydrogens (tertiary/aromatic N) is 1. The summed E-state index contributed by atoms with van der Waals surface area (Å²) in [6.45, 7) is 3.94. The van der Waals surface area contributed by atoms with Crippen molar-refractivity contribution < 1.29 is 14.3 Å². The number of piperidine rings is 1. The molecule has 34 heavy (non-hydrogen) atoms. The van der Waals surface area contributed by atoms with Crippen LogP contribution in [-0.4, -0.2) is 36.9 Å². The van der Waals surface area contributed by atoms with E-state index in [0.717, 1.165) is 48.2 Å². The first kappa shape index (κ1) is 23.6. The van der Waals surface area contributed by atoms with Crippen LogP contribution in [0.3, 0.4) is 0 Å². The van der Waals surface area contributed by atoms with Gasteiger partial charge >= 0.3 is 0 Å². The number of ether oxygens (including phenoxy) is 1. The minimum atomic E-state index is -0.118. The highest BCUT2D eigenvalue weighted by atomic mass is 16.5. The van der Waals surface area contributed by atoms with E-state index in [2.05, 4.69) is 18.3 Å². The molecular formula is C29H32N2O3. The molecule has 0 unspecified atom stereocenters. The molecule has 0 radical (unpaired) electrons. The molecule has 3 aromatic carbocycles. The number of hydrogen-bond acceptors (Lipinski definition) is 3. The van der Waals surface area contributed by atoms with E-state index in [1.807, 2.05) is 71.6 Å². The highest BCUT2D eigenvalue weighted by Gasteiger charge is 2.26. The summed E-state index contributed by atoms with van der Waals surface area (Å²) >= 11 is 0. The summed E-state index contributed by atoms with van der Waals surface area (Å²) in [6, 6.07) is 23.4. The fourth-order valence-electron chi connectivity index (χ4n) is 4.56. The predicted molar refractivity (Wildman–Crippen MR) is 134 cm³/mol. The highest BCUT2D eigenvalue weighted by molar-refractivity contribution is 5.95. The standard InChI is InChI=1S/C29H32N2O3/c1-3-21-13-15-22(16-14-21)29(33)31-17-7-11-26(20-31)23-9-6-10-24(18-23)28(32)30-19-25-8-4-5-12-27(25)34-2/h4-6,8-10,12-16,18,26H,3,7,11,17,19-20H2,1-2H3,(H,30,32)/t26-/m1/s1. The number of aryl methyl sites for hydroxylation is 1. The van der Waals surface area contributed by atoms with Gasteiger partial charge in [0.15, 0.2) is 0 Å². The van der Waals surface area contributed by atoms with Gasteiger partial charge in [-0.05, 0) is 60.7 Å². The normalized spacial score (nSPS) is 15.6. The molecule has 0 bridgehead atoms. The number of likely N-dealkylation sites (tertiary alicyclic amines) is 1. The molecule has 0 saturated carbocycles. The monoisotopic (exact) mass is 456 g/mol. The zero-order valence-corrected chi connectivity index (χ0v) is 19.9. The molecule has 4 rings (SSSR count). The van der Waals surface area contributed by atoms with Gasteiger partial charge in [0.05, 0.1) is 7.11 Å². The molecule has 0 spiro atoms. The highest BCUT2D eigenvalue weighted by Crippen LogP contribution is 2.28. The Kier molecular flexibility index (Phi) is 7.63. The Morgan fingerprint density at radius 1 is 1.00 bits per heavy atom. The molecular weight excluding hydrogens is 424 g/mol. The van der Waals surface area contributed by atoms with Crippen LogP contribution in [0.25, 0.3) is 0 Å². The predicted octanol–water partition coefficient (Wildman–Crippen LogP) is 5.21. The number of hydrogen-bond donors (Lipinski definition) is 1. The first-order chi connectivity index (χ1) is 16.6. The van der Waals surface area contributed by atoms with Crippen LogP contribution >= 0.6 is 0 Å². The second-order valence-electron chi connectivity index (χ2n) is 8.76. The Labute approximate surface area is 201 Å². The lowest BCUT2D eigenvalue weighted by atomic mass is 9.89. The van der Waals surface area contributed by atoms with Crippen LogP contribution < -0.4 is 10.1 Å². The Bertz CT molecular complexity index is 1140. The number of carbonyl (C=O) groups excluding carboxylic acids is 2. The van der Waals surface area contributed by atoms with Crippen molar-refractivity contribution in [1.29, 1.82) is 0 Å². The summed E-state index contributed by atoms with van der Waals surface area (Å²) in [7, 11) is 1.63. The number of amides is 2. The molecule has 1 aliphatic rings. The number of methoxy groups -OCH3 is 1. The summed E-state index contributed by atoms with van der Waals surface area (Å²) in [5.74, 6) is 0.938. The van der Waals surface area contributed by atoms with E-state index in [4.69, 9.17) is 4.74 Å². The summed E-state index contributed by atoms with van der Waals surface area (Å²) in [6.07, 6.45) is 2.92. The molecule has 0 aliphatic carbocycles. The van der Waals surface area contributed by atoms with Gasteiger partial charge in [-0.25, -0.2) is 0 Å². The second kappa shape index (κ2) is 11.0. The number of nitrogens with one attached hydrogen (secondary N) is 1. The fraction of sp³-hybridized carbons (Fsp3) is 0.310. The van der Waals surface area contributed by atoms with Crippen molar-refractivity contribution in [3.63, 3.8) is 0 Å². The molecule has 1 fully saturated rings. The maximum absolute atomic E-state index is 13.1. The SMILES string of the molecule is CCc1ccc(C(=O)N2CCC[C@@H](c3cccc(C(=O)NCc4ccccc4OC)c3)C2)cc1. The van der Waals surface area contributed by atoms with Crippen LogP contribution in [0.5, 0.6) is 5.75 Å². The van der Waals surface area contributed by atoms with Gasteiger partial charge in [-0.2, -0.15) is 0 Å². The molecule has 1 atom stereocenters. The lowest BCUT2D eigenvalue weighted by molar-refractivity contribution is 0.0706. The first-order valence-corrected chi connectivity index (χ1v) is 12.0. The van der Waals surface area contributed by atoms with Crippen LogP contribution in [0.2, 0.25) is 0 Å². The maximum atomic E-state index is 13.1. The number of para-hydroxylation sites is 1. The Morgan fingerprint density at radius 2 is 1.79 bits per heavy atom. The van der Waals surface area contributed by atoms with Crippen molar-refractivity contribution in [2.75, 3.05) is 20.2 Å². The van der Waals surface area contributed by atoms with Crippen molar-refractivity contribution in [2.24, 2.45) is 0 Å². The van der Waals surface area contributed by atoms with Gasteiger partial charge in [-0.15, -0.1) is 0 Å².